The van der Waals surface area contributed by atoms with Crippen LogP contribution in [0.5, 0.6) is 5.75 Å². The first kappa shape index (κ1) is 31.5. The van der Waals surface area contributed by atoms with Gasteiger partial charge in [-0.1, -0.05) is 28.1 Å². The zero-order chi connectivity index (χ0) is 29.8. The van der Waals surface area contributed by atoms with E-state index in [2.05, 4.69) is 36.5 Å². The van der Waals surface area contributed by atoms with Crippen LogP contribution < -0.4 is 15.4 Å². The summed E-state index contributed by atoms with van der Waals surface area (Å²) in [7, 11) is 3.27. The number of benzene rings is 2. The van der Waals surface area contributed by atoms with Gasteiger partial charge < -0.3 is 24.8 Å². The number of hydrogen-bond acceptors (Lipinski definition) is 10. The van der Waals surface area contributed by atoms with E-state index in [-0.39, 0.29) is 32.0 Å². The van der Waals surface area contributed by atoms with Crippen molar-refractivity contribution in [3.63, 3.8) is 0 Å². The molecule has 0 aliphatic rings. The summed E-state index contributed by atoms with van der Waals surface area (Å²) in [5.74, 6) is -0.195. The number of carbonyl (C=O) groups is 3. The van der Waals surface area contributed by atoms with Crippen LogP contribution in [0, 0.1) is 0 Å². The van der Waals surface area contributed by atoms with Gasteiger partial charge in [-0.25, -0.2) is 9.97 Å². The van der Waals surface area contributed by atoms with Gasteiger partial charge in [0.2, 0.25) is 5.91 Å². The van der Waals surface area contributed by atoms with Gasteiger partial charge in [-0.05, 0) is 45.2 Å². The van der Waals surface area contributed by atoms with E-state index in [0.29, 0.717) is 34.7 Å². The van der Waals surface area contributed by atoms with Crippen molar-refractivity contribution in [3.8, 4) is 5.75 Å². The summed E-state index contributed by atoms with van der Waals surface area (Å²) in [6.45, 7) is 4.25. The summed E-state index contributed by atoms with van der Waals surface area (Å²) in [6, 6.07) is 10.7. The molecule has 2 aromatic carbocycles. The number of anilines is 3. The first-order valence-corrected chi connectivity index (χ1v) is 13.9. The minimum atomic E-state index is -0.447. The molecule has 41 heavy (non-hydrogen) atoms. The van der Waals surface area contributed by atoms with E-state index in [1.165, 1.54) is 19.5 Å². The lowest BCUT2D eigenvalue weighted by atomic mass is 10.1. The van der Waals surface area contributed by atoms with Crippen molar-refractivity contribution < 1.29 is 28.6 Å². The highest BCUT2D eigenvalue weighted by molar-refractivity contribution is 9.10. The van der Waals surface area contributed by atoms with Gasteiger partial charge in [0.25, 0.3) is 0 Å². The molecule has 3 aromatic rings. The third-order valence-corrected chi connectivity index (χ3v) is 6.50. The minimum absolute atomic E-state index is 0.0237. The number of amides is 1. The van der Waals surface area contributed by atoms with Crippen molar-refractivity contribution in [2.75, 3.05) is 44.5 Å². The van der Waals surface area contributed by atoms with Gasteiger partial charge in [0.05, 0.1) is 44.4 Å². The molecule has 1 amide bonds. The van der Waals surface area contributed by atoms with Crippen LogP contribution in [0.15, 0.2) is 59.4 Å². The Balaban J connectivity index is 1.73. The third kappa shape index (κ3) is 9.54. The third-order valence-electron chi connectivity index (χ3n) is 6.00. The normalized spacial score (nSPS) is 11.2. The van der Waals surface area contributed by atoms with Crippen LogP contribution in [0.4, 0.5) is 17.2 Å². The summed E-state index contributed by atoms with van der Waals surface area (Å²) in [5, 5.41) is 6.82. The molecule has 0 bridgehead atoms. The topological polar surface area (TPSA) is 132 Å². The lowest BCUT2D eigenvalue weighted by molar-refractivity contribution is -0.147. The molecule has 12 heteroatoms. The molecule has 0 radical (unpaired) electrons. The van der Waals surface area contributed by atoms with Gasteiger partial charge in [0.15, 0.2) is 0 Å². The van der Waals surface area contributed by atoms with Crippen LogP contribution >= 0.6 is 15.9 Å². The van der Waals surface area contributed by atoms with Crippen LogP contribution in [-0.4, -0.2) is 72.7 Å². The summed E-state index contributed by atoms with van der Waals surface area (Å²) < 4.78 is 16.5. The van der Waals surface area contributed by atoms with Crippen molar-refractivity contribution in [2.24, 2.45) is 0 Å². The van der Waals surface area contributed by atoms with Crippen molar-refractivity contribution in [1.82, 2.24) is 14.9 Å². The average molecular weight is 629 g/mol. The van der Waals surface area contributed by atoms with Crippen molar-refractivity contribution >= 4 is 61.9 Å². The van der Waals surface area contributed by atoms with E-state index in [4.69, 9.17) is 14.2 Å². The van der Waals surface area contributed by atoms with Gasteiger partial charge in [0.1, 0.15) is 17.9 Å². The fourth-order valence-electron chi connectivity index (χ4n) is 4.01. The number of likely N-dealkylation sites (N-methyl/N-ethyl adjacent to an activating group) is 1. The number of fused-ring (bicyclic) bond motifs is 1. The minimum Gasteiger partial charge on any atom is -0.494 e. The Morgan fingerprint density at radius 3 is 2.39 bits per heavy atom. The maximum atomic E-state index is 12.8. The zero-order valence-corrected chi connectivity index (χ0v) is 25.1. The Kier molecular flexibility index (Phi) is 12.0. The van der Waals surface area contributed by atoms with Crippen molar-refractivity contribution in [1.29, 1.82) is 0 Å². The predicted molar refractivity (Wildman–Crippen MR) is 160 cm³/mol. The quantitative estimate of drug-likeness (QED) is 0.189. The van der Waals surface area contributed by atoms with Gasteiger partial charge >= 0.3 is 11.9 Å². The number of nitrogens with one attached hydrogen (secondary N) is 2. The lowest BCUT2D eigenvalue weighted by Gasteiger charge is -2.25. The van der Waals surface area contributed by atoms with Crippen LogP contribution in [0.2, 0.25) is 0 Å². The molecule has 0 unspecified atom stereocenters. The number of halogens is 1. The summed E-state index contributed by atoms with van der Waals surface area (Å²) in [4.78, 5) is 47.5. The molecular weight excluding hydrogens is 594 g/mol. The Hall–Kier alpha value is -4.03. The smallest absolute Gasteiger partial charge is 0.307 e. The summed E-state index contributed by atoms with van der Waals surface area (Å²) in [5.41, 5.74) is 1.91. The second-order valence-electron chi connectivity index (χ2n) is 8.93. The average Bonchev–Trinajstić information content (AvgIpc) is 2.93. The van der Waals surface area contributed by atoms with E-state index in [0.717, 1.165) is 10.2 Å². The fourth-order valence-corrected chi connectivity index (χ4v) is 4.41. The molecule has 0 spiro atoms. The van der Waals surface area contributed by atoms with E-state index < -0.39 is 18.0 Å². The molecule has 1 aromatic heterocycles. The van der Waals surface area contributed by atoms with Crippen LogP contribution in [0.3, 0.4) is 0 Å². The number of esters is 2. The first-order chi connectivity index (χ1) is 19.7. The highest BCUT2D eigenvalue weighted by Crippen LogP contribution is 2.33. The number of aromatic nitrogens is 2. The van der Waals surface area contributed by atoms with Gasteiger partial charge in [-0.3, -0.25) is 19.3 Å². The molecule has 1 heterocycles. The first-order valence-electron chi connectivity index (χ1n) is 13.1. The fraction of sp³-hybridized carbons (Fsp3) is 0.345. The van der Waals surface area contributed by atoms with Gasteiger partial charge in [0, 0.05) is 40.3 Å². The van der Waals surface area contributed by atoms with E-state index in [1.807, 2.05) is 24.3 Å². The Labute approximate surface area is 247 Å². The Bertz CT molecular complexity index is 1380. The maximum Gasteiger partial charge on any atom is 0.307 e. The molecular formula is C29H34BrN5O6. The van der Waals surface area contributed by atoms with E-state index >= 15 is 0 Å². The second kappa shape index (κ2) is 15.7. The number of rotatable bonds is 14. The molecule has 218 valence electrons. The molecule has 0 aliphatic heterocycles. The molecule has 0 fully saturated rings. The Morgan fingerprint density at radius 1 is 1.05 bits per heavy atom. The number of nitrogens with zero attached hydrogens (tertiary/aromatic N) is 3. The number of hydrogen-bond donors (Lipinski definition) is 2. The summed E-state index contributed by atoms with van der Waals surface area (Å²) >= 11 is 3.47. The largest absolute Gasteiger partial charge is 0.494 e. The standard InChI is InChI=1S/C29H34BrN5O6/c1-5-40-27(37)14-21(15-28(38)41-6-2)35(3)12-8-11-26(36)34-24-16-22-23(17-25(24)39-4)31-18-32-29(22)33-20-10-7-9-19(30)13-20/h7-11,13,16-18,21H,5-6,12,14-15H2,1-4H3,(H,34,36)(H,31,32,33). The highest BCUT2D eigenvalue weighted by atomic mass is 79.9. The van der Waals surface area contributed by atoms with Crippen LogP contribution in [-0.2, 0) is 23.9 Å². The van der Waals surface area contributed by atoms with Gasteiger partial charge in [-0.15, -0.1) is 0 Å². The highest BCUT2D eigenvalue weighted by Gasteiger charge is 2.23. The van der Waals surface area contributed by atoms with Gasteiger partial charge in [-0.2, -0.15) is 0 Å². The molecule has 0 saturated heterocycles. The van der Waals surface area contributed by atoms with E-state index in [1.54, 1.807) is 44.0 Å². The van der Waals surface area contributed by atoms with Crippen LogP contribution in [0.1, 0.15) is 26.7 Å². The van der Waals surface area contributed by atoms with Crippen molar-refractivity contribution in [3.05, 3.63) is 59.4 Å². The number of ether oxygens (including phenoxy) is 3. The number of carbonyl (C=O) groups excluding carboxylic acids is 3. The lowest BCUT2D eigenvalue weighted by Crippen LogP contribution is -2.36. The van der Waals surface area contributed by atoms with Crippen LogP contribution in [0.25, 0.3) is 10.9 Å². The maximum absolute atomic E-state index is 12.8. The number of methoxy groups -OCH3 is 1. The molecule has 2 N–H and O–H groups in total. The Morgan fingerprint density at radius 2 is 1.76 bits per heavy atom. The zero-order valence-electron chi connectivity index (χ0n) is 23.5. The SMILES string of the molecule is CCOC(=O)CC(CC(=O)OCC)N(C)CC=CC(=O)Nc1cc2c(Nc3cccc(Br)c3)ncnc2cc1OC. The molecule has 3 rings (SSSR count). The summed E-state index contributed by atoms with van der Waals surface area (Å²) in [6.07, 6.45) is 4.53. The molecule has 0 saturated carbocycles. The second-order valence-corrected chi connectivity index (χ2v) is 9.85. The van der Waals surface area contributed by atoms with Crippen molar-refractivity contribution in [2.45, 2.75) is 32.7 Å². The predicted octanol–water partition coefficient (Wildman–Crippen LogP) is 4.85. The molecule has 0 aliphatic carbocycles. The monoisotopic (exact) mass is 627 g/mol. The molecule has 11 nitrogen and oxygen atoms in total. The van der Waals surface area contributed by atoms with E-state index in [9.17, 15) is 14.4 Å². The molecule has 0 atom stereocenters.